The lowest BCUT2D eigenvalue weighted by atomic mass is 10.0. The number of carbonyl (C=O) groups excluding carboxylic acids is 3. The molecule has 2 aromatic carbocycles. The van der Waals surface area contributed by atoms with Crippen LogP contribution in [0.25, 0.3) is 0 Å². The normalized spacial score (nSPS) is 15.8. The minimum absolute atomic E-state index is 0.00438. The molecular weight excluding hydrogens is 478 g/mol. The first kappa shape index (κ1) is 27.4. The van der Waals surface area contributed by atoms with E-state index in [1.807, 2.05) is 52.0 Å². The van der Waals surface area contributed by atoms with E-state index in [0.717, 1.165) is 21.9 Å². The minimum atomic E-state index is -3.92. The van der Waals surface area contributed by atoms with Crippen LogP contribution in [0.2, 0.25) is 0 Å². The summed E-state index contributed by atoms with van der Waals surface area (Å²) in [4.78, 5) is 40.8. The van der Waals surface area contributed by atoms with Crippen LogP contribution < -0.4 is 5.32 Å². The SMILES string of the molecule is CCC(C)NC(=O)C(CC)N(Cc1ccccc1C)C(=O)CCCN1C(=O)c2ccccc2S1(=O)=O. The number of rotatable bonds is 11. The molecule has 1 heterocycles. The predicted octanol–water partition coefficient (Wildman–Crippen LogP) is 3.64. The molecule has 9 heteroatoms. The maximum atomic E-state index is 13.4. The van der Waals surface area contributed by atoms with Crippen molar-refractivity contribution in [1.29, 1.82) is 0 Å². The first-order chi connectivity index (χ1) is 17.1. The monoisotopic (exact) mass is 513 g/mol. The van der Waals surface area contributed by atoms with E-state index in [0.29, 0.717) is 6.42 Å². The van der Waals surface area contributed by atoms with Gasteiger partial charge in [0.2, 0.25) is 11.8 Å². The highest BCUT2D eigenvalue weighted by atomic mass is 32.2. The van der Waals surface area contributed by atoms with Crippen molar-refractivity contribution in [3.05, 3.63) is 65.2 Å². The van der Waals surface area contributed by atoms with Crippen molar-refractivity contribution in [3.8, 4) is 0 Å². The molecule has 0 fully saturated rings. The molecule has 1 N–H and O–H groups in total. The Morgan fingerprint density at radius 3 is 2.33 bits per heavy atom. The van der Waals surface area contributed by atoms with E-state index in [-0.39, 0.29) is 54.2 Å². The Hall–Kier alpha value is -3.20. The molecule has 0 aromatic heterocycles. The molecular formula is C27H35N3O5S. The van der Waals surface area contributed by atoms with Crippen LogP contribution in [0.5, 0.6) is 0 Å². The second-order valence-corrected chi connectivity index (χ2v) is 11.0. The third kappa shape index (κ3) is 5.78. The third-order valence-electron chi connectivity index (χ3n) is 6.65. The van der Waals surface area contributed by atoms with Crippen LogP contribution in [0.3, 0.4) is 0 Å². The number of benzene rings is 2. The summed E-state index contributed by atoms with van der Waals surface area (Å²) >= 11 is 0. The van der Waals surface area contributed by atoms with E-state index in [1.54, 1.807) is 17.0 Å². The van der Waals surface area contributed by atoms with E-state index in [2.05, 4.69) is 5.32 Å². The highest BCUT2D eigenvalue weighted by molar-refractivity contribution is 7.90. The van der Waals surface area contributed by atoms with E-state index < -0.39 is 22.0 Å². The van der Waals surface area contributed by atoms with E-state index >= 15 is 0 Å². The summed E-state index contributed by atoms with van der Waals surface area (Å²) in [6, 6.07) is 13.1. The van der Waals surface area contributed by atoms with Gasteiger partial charge in [-0.25, -0.2) is 12.7 Å². The number of hydrogen-bond acceptors (Lipinski definition) is 5. The van der Waals surface area contributed by atoms with Crippen molar-refractivity contribution >= 4 is 27.7 Å². The number of amides is 3. The summed E-state index contributed by atoms with van der Waals surface area (Å²) in [5.74, 6) is -1.04. The van der Waals surface area contributed by atoms with Gasteiger partial charge in [0.05, 0.1) is 5.56 Å². The Bertz CT molecular complexity index is 1230. The maximum absolute atomic E-state index is 13.4. The molecule has 194 valence electrons. The lowest BCUT2D eigenvalue weighted by Gasteiger charge is -2.32. The first-order valence-electron chi connectivity index (χ1n) is 12.4. The zero-order valence-electron chi connectivity index (χ0n) is 21.4. The number of hydrogen-bond donors (Lipinski definition) is 1. The van der Waals surface area contributed by atoms with E-state index in [1.165, 1.54) is 12.1 Å². The molecule has 2 unspecified atom stereocenters. The fraction of sp³-hybridized carbons (Fsp3) is 0.444. The summed E-state index contributed by atoms with van der Waals surface area (Å²) in [7, 11) is -3.92. The van der Waals surface area contributed by atoms with Gasteiger partial charge < -0.3 is 10.2 Å². The molecule has 8 nitrogen and oxygen atoms in total. The average molecular weight is 514 g/mol. The number of fused-ring (bicyclic) bond motifs is 1. The number of aryl methyl sites for hydroxylation is 1. The lowest BCUT2D eigenvalue weighted by Crippen LogP contribution is -2.50. The molecule has 36 heavy (non-hydrogen) atoms. The van der Waals surface area contributed by atoms with Gasteiger partial charge in [-0.2, -0.15) is 0 Å². The van der Waals surface area contributed by atoms with Gasteiger partial charge in [-0.15, -0.1) is 0 Å². The predicted molar refractivity (Wildman–Crippen MR) is 138 cm³/mol. The highest BCUT2D eigenvalue weighted by Gasteiger charge is 2.40. The second-order valence-electron chi connectivity index (χ2n) is 9.17. The fourth-order valence-electron chi connectivity index (χ4n) is 4.30. The number of nitrogens with zero attached hydrogens (tertiary/aromatic N) is 2. The van der Waals surface area contributed by atoms with Gasteiger partial charge in [-0.1, -0.05) is 50.2 Å². The largest absolute Gasteiger partial charge is 0.352 e. The Morgan fingerprint density at radius 1 is 1.03 bits per heavy atom. The minimum Gasteiger partial charge on any atom is -0.352 e. The molecule has 1 aliphatic rings. The topological polar surface area (TPSA) is 104 Å². The molecule has 0 saturated heterocycles. The molecule has 3 amide bonds. The van der Waals surface area contributed by atoms with Gasteiger partial charge in [-0.3, -0.25) is 14.4 Å². The molecule has 0 radical (unpaired) electrons. The highest BCUT2D eigenvalue weighted by Crippen LogP contribution is 2.30. The van der Waals surface area contributed by atoms with E-state index in [9.17, 15) is 22.8 Å². The first-order valence-corrected chi connectivity index (χ1v) is 13.9. The van der Waals surface area contributed by atoms with Crippen LogP contribution in [0.1, 0.15) is 67.9 Å². The zero-order valence-corrected chi connectivity index (χ0v) is 22.2. The Labute approximate surface area is 213 Å². The number of sulfonamides is 1. The maximum Gasteiger partial charge on any atom is 0.269 e. The molecule has 0 spiro atoms. The summed E-state index contributed by atoms with van der Waals surface area (Å²) in [5, 5.41) is 2.98. The van der Waals surface area contributed by atoms with Crippen LogP contribution in [-0.4, -0.2) is 54.0 Å². The van der Waals surface area contributed by atoms with Gasteiger partial charge >= 0.3 is 0 Å². The summed E-state index contributed by atoms with van der Waals surface area (Å²) in [6.07, 6.45) is 1.38. The Morgan fingerprint density at radius 2 is 1.69 bits per heavy atom. The fourth-order valence-corrected chi connectivity index (χ4v) is 5.91. The van der Waals surface area contributed by atoms with E-state index in [4.69, 9.17) is 0 Å². The Kier molecular flexibility index (Phi) is 8.89. The lowest BCUT2D eigenvalue weighted by molar-refractivity contribution is -0.141. The van der Waals surface area contributed by atoms with Gasteiger partial charge in [-0.05, 0) is 56.4 Å². The molecule has 0 bridgehead atoms. The van der Waals surface area contributed by atoms with Crippen LogP contribution in [0, 0.1) is 6.92 Å². The molecule has 0 aliphatic carbocycles. The van der Waals surface area contributed by atoms with Crippen molar-refractivity contribution in [2.45, 2.75) is 76.9 Å². The van der Waals surface area contributed by atoms with Crippen molar-refractivity contribution in [1.82, 2.24) is 14.5 Å². The van der Waals surface area contributed by atoms with Crippen molar-refractivity contribution in [2.24, 2.45) is 0 Å². The van der Waals surface area contributed by atoms with Crippen molar-refractivity contribution in [2.75, 3.05) is 6.54 Å². The summed E-state index contributed by atoms with van der Waals surface area (Å²) in [6.45, 7) is 7.89. The van der Waals surface area contributed by atoms with Crippen LogP contribution in [0.4, 0.5) is 0 Å². The van der Waals surface area contributed by atoms with Gasteiger partial charge in [0, 0.05) is 25.6 Å². The van der Waals surface area contributed by atoms with Gasteiger partial charge in [0.15, 0.2) is 0 Å². The smallest absolute Gasteiger partial charge is 0.269 e. The van der Waals surface area contributed by atoms with Crippen LogP contribution in [-0.2, 0) is 26.2 Å². The van der Waals surface area contributed by atoms with Gasteiger partial charge in [0.1, 0.15) is 10.9 Å². The molecule has 2 atom stereocenters. The molecule has 0 saturated carbocycles. The van der Waals surface area contributed by atoms with Crippen molar-refractivity contribution < 1.29 is 22.8 Å². The standard InChI is InChI=1S/C27H35N3O5S/c1-5-20(4)28-26(32)23(6-2)29(18-21-13-8-7-12-19(21)3)25(31)16-11-17-30-27(33)22-14-9-10-15-24(22)36(30,34)35/h7-10,12-15,20,23H,5-6,11,16-18H2,1-4H3,(H,28,32). The quantitative estimate of drug-likeness (QED) is 0.494. The van der Waals surface area contributed by atoms with Gasteiger partial charge in [0.25, 0.3) is 15.9 Å². The number of carbonyl (C=O) groups is 3. The summed E-state index contributed by atoms with van der Waals surface area (Å²) < 4.78 is 26.5. The van der Waals surface area contributed by atoms with Crippen LogP contribution >= 0.6 is 0 Å². The second kappa shape index (κ2) is 11.7. The molecule has 2 aromatic rings. The zero-order chi connectivity index (χ0) is 26.5. The average Bonchev–Trinajstić information content (AvgIpc) is 3.05. The molecule has 3 rings (SSSR count). The molecule has 1 aliphatic heterocycles. The Balaban J connectivity index is 1.76. The van der Waals surface area contributed by atoms with Crippen molar-refractivity contribution in [3.63, 3.8) is 0 Å². The number of nitrogens with one attached hydrogen (secondary N) is 1. The van der Waals surface area contributed by atoms with Crippen LogP contribution in [0.15, 0.2) is 53.4 Å². The third-order valence-corrected chi connectivity index (χ3v) is 8.49. The summed E-state index contributed by atoms with van der Waals surface area (Å²) in [5.41, 5.74) is 2.10.